The average Bonchev–Trinajstić information content (AvgIpc) is 3.97. The number of ether oxygens (including phenoxy) is 2. The van der Waals surface area contributed by atoms with E-state index in [0.717, 1.165) is 29.5 Å². The van der Waals surface area contributed by atoms with Gasteiger partial charge < -0.3 is 36.1 Å². The van der Waals surface area contributed by atoms with Crippen LogP contribution in [0.1, 0.15) is 59.3 Å². The molecule has 1 aliphatic carbocycles. The van der Waals surface area contributed by atoms with Gasteiger partial charge in [0.2, 0.25) is 11.9 Å². The summed E-state index contributed by atoms with van der Waals surface area (Å²) in [4.78, 5) is 51.4. The van der Waals surface area contributed by atoms with Crippen molar-refractivity contribution in [2.45, 2.75) is 59.3 Å². The van der Waals surface area contributed by atoms with E-state index in [1.54, 1.807) is 48.5 Å². The number of carbonyl (C=O) groups excluding carboxylic acids is 3. The Kier molecular flexibility index (Phi) is 12.2. The van der Waals surface area contributed by atoms with Gasteiger partial charge in [-0.25, -0.2) is 0 Å². The summed E-state index contributed by atoms with van der Waals surface area (Å²) >= 11 is 0. The van der Waals surface area contributed by atoms with Gasteiger partial charge in [-0.15, -0.1) is 0 Å². The molecule has 5 N–H and O–H groups in total. The van der Waals surface area contributed by atoms with E-state index in [9.17, 15) is 23.2 Å². The standard InChI is InChI=1S/C42H44F2N8O5/c1-26-5-13-30(14-6-26)42(21-22-42)52-39-49-38(50-40(51-39)56-23-28-9-19-33(20-10-28)57-37(43)44)48-32-17-11-29(12-18-32)34(53)45-24-41(3,4)25-46-35(54)36(55)47-31-15-7-27(2)8-16-31/h5-20,37H,21-25H2,1-4H3,(H,45,53)(H,46,54)(H,47,55)(H2,48,49,50,51,52). The lowest BCUT2D eigenvalue weighted by atomic mass is 9.93. The normalized spacial score (nSPS) is 13.0. The van der Waals surface area contributed by atoms with Crippen LogP contribution in [0.5, 0.6) is 11.8 Å². The first-order valence-electron chi connectivity index (χ1n) is 18.3. The summed E-state index contributed by atoms with van der Waals surface area (Å²) in [5.74, 6) is -1.35. The molecular formula is C42H44F2N8O5. The Bertz CT molecular complexity index is 2180. The van der Waals surface area contributed by atoms with E-state index < -0.39 is 23.8 Å². The Labute approximate surface area is 329 Å². The minimum atomic E-state index is -2.92. The van der Waals surface area contributed by atoms with Gasteiger partial charge in [-0.3, -0.25) is 14.4 Å². The van der Waals surface area contributed by atoms with E-state index in [-0.39, 0.29) is 48.9 Å². The molecule has 0 atom stereocenters. The zero-order valence-electron chi connectivity index (χ0n) is 32.0. The highest BCUT2D eigenvalue weighted by Crippen LogP contribution is 2.48. The molecule has 296 valence electrons. The molecule has 0 bridgehead atoms. The van der Waals surface area contributed by atoms with Crippen molar-refractivity contribution in [2.24, 2.45) is 5.41 Å². The maximum absolute atomic E-state index is 13.1. The van der Waals surface area contributed by atoms with Crippen LogP contribution < -0.4 is 36.1 Å². The summed E-state index contributed by atoms with van der Waals surface area (Å²) in [5, 5.41) is 14.7. The summed E-state index contributed by atoms with van der Waals surface area (Å²) < 4.78 is 35.6. The Balaban J connectivity index is 1.07. The number of hydrogen-bond acceptors (Lipinski definition) is 10. The van der Waals surface area contributed by atoms with Crippen molar-refractivity contribution < 1.29 is 32.6 Å². The third kappa shape index (κ3) is 11.4. The van der Waals surface area contributed by atoms with Gasteiger partial charge in [-0.05, 0) is 91.8 Å². The zero-order chi connectivity index (χ0) is 40.6. The highest BCUT2D eigenvalue weighted by atomic mass is 19.3. The first kappa shape index (κ1) is 40.0. The number of benzene rings is 4. The number of alkyl halides is 2. The van der Waals surface area contributed by atoms with Crippen LogP contribution in [-0.4, -0.2) is 52.4 Å². The van der Waals surface area contributed by atoms with Crippen molar-refractivity contribution in [3.8, 4) is 11.8 Å². The third-order valence-corrected chi connectivity index (χ3v) is 9.21. The van der Waals surface area contributed by atoms with Gasteiger partial charge >= 0.3 is 24.4 Å². The number of halogens is 2. The van der Waals surface area contributed by atoms with Gasteiger partial charge in [0.25, 0.3) is 5.91 Å². The van der Waals surface area contributed by atoms with Crippen molar-refractivity contribution >= 4 is 41.0 Å². The second-order valence-electron chi connectivity index (χ2n) is 14.7. The number of carbonyl (C=O) groups is 3. The van der Waals surface area contributed by atoms with Gasteiger partial charge in [0, 0.05) is 30.0 Å². The van der Waals surface area contributed by atoms with E-state index in [4.69, 9.17) is 4.74 Å². The van der Waals surface area contributed by atoms with Crippen molar-refractivity contribution in [1.29, 1.82) is 0 Å². The van der Waals surface area contributed by atoms with Crippen LogP contribution in [0, 0.1) is 19.3 Å². The highest BCUT2D eigenvalue weighted by Gasteiger charge is 2.45. The van der Waals surface area contributed by atoms with E-state index in [2.05, 4.69) is 70.5 Å². The number of nitrogens with zero attached hydrogens (tertiary/aromatic N) is 3. The lowest BCUT2D eigenvalue weighted by Gasteiger charge is -2.25. The smallest absolute Gasteiger partial charge is 0.387 e. The SMILES string of the molecule is Cc1ccc(NC(=O)C(=O)NCC(C)(C)CNC(=O)c2ccc(Nc3nc(NC4(c5ccc(C)cc5)CC4)nc(OCc4ccc(OC(F)F)cc4)n3)cc2)cc1. The van der Waals surface area contributed by atoms with E-state index >= 15 is 0 Å². The summed E-state index contributed by atoms with van der Waals surface area (Å²) in [6.07, 6.45) is 1.77. The molecule has 4 aromatic carbocycles. The molecule has 15 heteroatoms. The minimum absolute atomic E-state index is 0.0318. The average molecular weight is 779 g/mol. The fourth-order valence-electron chi connectivity index (χ4n) is 5.69. The number of amides is 3. The number of aromatic nitrogens is 3. The number of rotatable bonds is 16. The number of anilines is 4. The van der Waals surface area contributed by atoms with Crippen LogP contribution in [0.3, 0.4) is 0 Å². The molecule has 1 aromatic heterocycles. The highest BCUT2D eigenvalue weighted by molar-refractivity contribution is 6.39. The Morgan fingerprint density at radius 2 is 1.33 bits per heavy atom. The molecule has 0 unspecified atom stereocenters. The van der Waals surface area contributed by atoms with Gasteiger partial charge in [0.15, 0.2) is 0 Å². The predicted molar refractivity (Wildman–Crippen MR) is 212 cm³/mol. The van der Waals surface area contributed by atoms with Crippen LogP contribution in [0.4, 0.5) is 32.1 Å². The van der Waals surface area contributed by atoms with Crippen molar-refractivity contribution in [2.75, 3.05) is 29.0 Å². The van der Waals surface area contributed by atoms with Crippen LogP contribution in [-0.2, 0) is 21.7 Å². The molecule has 1 saturated carbocycles. The van der Waals surface area contributed by atoms with Gasteiger partial charge in [0.05, 0.1) is 5.54 Å². The van der Waals surface area contributed by atoms with Crippen molar-refractivity contribution in [3.63, 3.8) is 0 Å². The van der Waals surface area contributed by atoms with E-state index in [0.29, 0.717) is 28.5 Å². The Hall–Kier alpha value is -6.64. The van der Waals surface area contributed by atoms with Crippen molar-refractivity contribution in [1.82, 2.24) is 25.6 Å². The van der Waals surface area contributed by atoms with Gasteiger partial charge in [0.1, 0.15) is 12.4 Å². The number of nitrogens with one attached hydrogen (secondary N) is 5. The third-order valence-electron chi connectivity index (χ3n) is 9.21. The quantitative estimate of drug-likeness (QED) is 0.0657. The molecule has 1 fully saturated rings. The van der Waals surface area contributed by atoms with Crippen LogP contribution in [0.2, 0.25) is 0 Å². The maximum Gasteiger partial charge on any atom is 0.387 e. The molecule has 13 nitrogen and oxygen atoms in total. The Morgan fingerprint density at radius 1 is 0.737 bits per heavy atom. The molecule has 0 saturated heterocycles. The first-order valence-corrected chi connectivity index (χ1v) is 18.3. The maximum atomic E-state index is 13.1. The fraction of sp³-hybridized carbons (Fsp3) is 0.286. The molecule has 3 amide bonds. The zero-order valence-corrected chi connectivity index (χ0v) is 32.0. The molecular weight excluding hydrogens is 735 g/mol. The minimum Gasteiger partial charge on any atom is -0.458 e. The largest absolute Gasteiger partial charge is 0.458 e. The lowest BCUT2D eigenvalue weighted by molar-refractivity contribution is -0.136. The summed E-state index contributed by atoms with van der Waals surface area (Å²) in [7, 11) is 0. The Morgan fingerprint density at radius 3 is 1.96 bits per heavy atom. The second kappa shape index (κ2) is 17.4. The molecule has 1 heterocycles. The molecule has 1 aliphatic rings. The number of aryl methyl sites for hydroxylation is 2. The number of hydrogen-bond donors (Lipinski definition) is 5. The fourth-order valence-corrected chi connectivity index (χ4v) is 5.69. The van der Waals surface area contributed by atoms with Crippen LogP contribution in [0.15, 0.2) is 97.1 Å². The molecule has 6 rings (SSSR count). The van der Waals surface area contributed by atoms with E-state index in [1.807, 2.05) is 39.8 Å². The molecule has 0 spiro atoms. The predicted octanol–water partition coefficient (Wildman–Crippen LogP) is 7.02. The monoisotopic (exact) mass is 778 g/mol. The topological polar surface area (TPSA) is 168 Å². The van der Waals surface area contributed by atoms with Gasteiger partial charge in [-0.2, -0.15) is 23.7 Å². The molecule has 5 aromatic rings. The van der Waals surface area contributed by atoms with Gasteiger partial charge in [-0.1, -0.05) is 73.5 Å². The summed E-state index contributed by atoms with van der Waals surface area (Å²) in [5.41, 5.74) is 4.59. The summed E-state index contributed by atoms with van der Waals surface area (Å²) in [6, 6.07) is 28.2. The molecule has 57 heavy (non-hydrogen) atoms. The van der Waals surface area contributed by atoms with Crippen LogP contribution in [0.25, 0.3) is 0 Å². The molecule has 0 aliphatic heterocycles. The van der Waals surface area contributed by atoms with Crippen molar-refractivity contribution in [3.05, 3.63) is 125 Å². The molecule has 0 radical (unpaired) electrons. The second-order valence-corrected chi connectivity index (χ2v) is 14.7. The summed E-state index contributed by atoms with van der Waals surface area (Å²) in [6.45, 7) is 5.20. The first-order chi connectivity index (χ1) is 27.2. The van der Waals surface area contributed by atoms with Crippen LogP contribution >= 0.6 is 0 Å². The lowest BCUT2D eigenvalue weighted by Crippen LogP contribution is -2.44. The van der Waals surface area contributed by atoms with E-state index in [1.165, 1.54) is 12.1 Å².